The van der Waals surface area contributed by atoms with Gasteiger partial charge in [0.15, 0.2) is 0 Å². The molecule has 0 spiro atoms. The lowest BCUT2D eigenvalue weighted by Gasteiger charge is -2.26. The molecule has 1 heterocycles. The number of ether oxygens (including phenoxy) is 1. The highest BCUT2D eigenvalue weighted by molar-refractivity contribution is 6.17. The van der Waals surface area contributed by atoms with E-state index >= 15 is 0 Å². The van der Waals surface area contributed by atoms with E-state index in [1.165, 1.54) is 12.1 Å². The van der Waals surface area contributed by atoms with Crippen LogP contribution in [0.3, 0.4) is 0 Å². The smallest absolute Gasteiger partial charge is 0.269 e. The predicted octanol–water partition coefficient (Wildman–Crippen LogP) is 3.87. The molecule has 0 saturated heterocycles. The maximum Gasteiger partial charge on any atom is 0.269 e. The number of benzene rings is 2. The van der Waals surface area contributed by atoms with Gasteiger partial charge in [-0.25, -0.2) is 0 Å². The fourth-order valence-electron chi connectivity index (χ4n) is 2.97. The lowest BCUT2D eigenvalue weighted by molar-refractivity contribution is -0.384. The summed E-state index contributed by atoms with van der Waals surface area (Å²) < 4.78 is 5.28. The van der Waals surface area contributed by atoms with Crippen molar-refractivity contribution in [2.24, 2.45) is 4.99 Å². The third kappa shape index (κ3) is 3.28. The van der Waals surface area contributed by atoms with Gasteiger partial charge in [0, 0.05) is 24.2 Å². The Balaban J connectivity index is 2.09. The molecule has 0 saturated carbocycles. The molecular formula is C19H19N3O4. The zero-order chi connectivity index (χ0) is 18.8. The van der Waals surface area contributed by atoms with Crippen LogP contribution in [0.1, 0.15) is 25.8 Å². The van der Waals surface area contributed by atoms with E-state index in [1.807, 2.05) is 19.9 Å². The molecule has 1 aliphatic heterocycles. The van der Waals surface area contributed by atoms with Crippen molar-refractivity contribution >= 4 is 28.7 Å². The van der Waals surface area contributed by atoms with Gasteiger partial charge in [0.25, 0.3) is 5.69 Å². The highest BCUT2D eigenvalue weighted by atomic mass is 16.6. The Morgan fingerprint density at radius 3 is 2.46 bits per heavy atom. The molecule has 7 heteroatoms. The van der Waals surface area contributed by atoms with Crippen LogP contribution in [0, 0.1) is 10.1 Å². The van der Waals surface area contributed by atoms with E-state index < -0.39 is 4.92 Å². The Morgan fingerprint density at radius 2 is 1.88 bits per heavy atom. The van der Waals surface area contributed by atoms with E-state index in [0.717, 1.165) is 0 Å². The summed E-state index contributed by atoms with van der Waals surface area (Å²) in [5, 5.41) is 10.8. The number of nitrogens with zero attached hydrogens (tertiary/aromatic N) is 3. The standard InChI is InChI=1S/C19H19N3O4/c1-12(2)21-18-10-15(26-3)8-9-16(18)20-17(11-19(21)23)13-4-6-14(7-5-13)22(24)25/h4-10,12H,11H2,1-3H3. The number of anilines is 1. The first-order valence-corrected chi connectivity index (χ1v) is 8.23. The molecule has 0 radical (unpaired) electrons. The molecule has 1 amide bonds. The number of non-ortho nitro benzene ring substituents is 1. The van der Waals surface area contributed by atoms with E-state index in [2.05, 4.69) is 4.99 Å². The molecule has 2 aromatic rings. The third-order valence-electron chi connectivity index (χ3n) is 4.21. The summed E-state index contributed by atoms with van der Waals surface area (Å²) in [7, 11) is 1.57. The second-order valence-electron chi connectivity index (χ2n) is 6.25. The van der Waals surface area contributed by atoms with Crippen molar-refractivity contribution < 1.29 is 14.5 Å². The minimum Gasteiger partial charge on any atom is -0.497 e. The zero-order valence-electron chi connectivity index (χ0n) is 14.8. The number of aliphatic imine (C=N–C) groups is 1. The molecule has 7 nitrogen and oxygen atoms in total. The Morgan fingerprint density at radius 1 is 1.19 bits per heavy atom. The summed E-state index contributed by atoms with van der Waals surface area (Å²) in [5.41, 5.74) is 2.64. The fourth-order valence-corrected chi connectivity index (χ4v) is 2.97. The molecule has 0 aliphatic carbocycles. The van der Waals surface area contributed by atoms with Gasteiger partial charge in [-0.3, -0.25) is 19.9 Å². The average Bonchev–Trinajstić information content (AvgIpc) is 2.76. The number of methoxy groups -OCH3 is 1. The summed E-state index contributed by atoms with van der Waals surface area (Å²) in [6.07, 6.45) is 0.118. The first-order chi connectivity index (χ1) is 12.4. The van der Waals surface area contributed by atoms with Crippen LogP contribution in [0.5, 0.6) is 5.75 Å². The number of nitro groups is 1. The largest absolute Gasteiger partial charge is 0.497 e. The molecule has 2 aromatic carbocycles. The number of hydrogen-bond acceptors (Lipinski definition) is 5. The Kier molecular flexibility index (Phi) is 4.71. The minimum atomic E-state index is -0.452. The molecule has 26 heavy (non-hydrogen) atoms. The Labute approximate surface area is 151 Å². The number of carbonyl (C=O) groups is 1. The first kappa shape index (κ1) is 17.6. The van der Waals surface area contributed by atoms with Crippen LogP contribution in [0.2, 0.25) is 0 Å². The number of fused-ring (bicyclic) bond motifs is 1. The number of amides is 1. The van der Waals surface area contributed by atoms with Gasteiger partial charge in [0.2, 0.25) is 5.91 Å². The van der Waals surface area contributed by atoms with Crippen molar-refractivity contribution in [1.82, 2.24) is 0 Å². The summed E-state index contributed by atoms with van der Waals surface area (Å²) in [5.74, 6) is 0.570. The normalized spacial score (nSPS) is 13.9. The second-order valence-corrected chi connectivity index (χ2v) is 6.25. The number of carbonyl (C=O) groups excluding carboxylic acids is 1. The second kappa shape index (κ2) is 6.95. The predicted molar refractivity (Wildman–Crippen MR) is 99.5 cm³/mol. The Hall–Kier alpha value is -3.22. The topological polar surface area (TPSA) is 85.0 Å². The monoisotopic (exact) mass is 353 g/mol. The van der Waals surface area contributed by atoms with Gasteiger partial charge in [0.1, 0.15) is 5.75 Å². The van der Waals surface area contributed by atoms with E-state index in [9.17, 15) is 14.9 Å². The van der Waals surface area contributed by atoms with Crippen molar-refractivity contribution in [2.75, 3.05) is 12.0 Å². The van der Waals surface area contributed by atoms with E-state index in [1.54, 1.807) is 36.3 Å². The average molecular weight is 353 g/mol. The van der Waals surface area contributed by atoms with E-state index in [-0.39, 0.29) is 24.1 Å². The summed E-state index contributed by atoms with van der Waals surface area (Å²) in [6.45, 7) is 3.88. The lowest BCUT2D eigenvalue weighted by Crippen LogP contribution is -2.37. The van der Waals surface area contributed by atoms with Gasteiger partial charge in [-0.15, -0.1) is 0 Å². The molecule has 0 aromatic heterocycles. The van der Waals surface area contributed by atoms with Gasteiger partial charge < -0.3 is 9.64 Å². The van der Waals surface area contributed by atoms with E-state index in [4.69, 9.17) is 4.74 Å². The van der Waals surface area contributed by atoms with Crippen LogP contribution in [0.25, 0.3) is 0 Å². The van der Waals surface area contributed by atoms with Crippen molar-refractivity contribution in [1.29, 1.82) is 0 Å². The van der Waals surface area contributed by atoms with Gasteiger partial charge >= 0.3 is 0 Å². The van der Waals surface area contributed by atoms with Crippen LogP contribution in [-0.2, 0) is 4.79 Å². The molecule has 0 bridgehead atoms. The minimum absolute atomic E-state index is 0.00300. The molecule has 1 aliphatic rings. The summed E-state index contributed by atoms with van der Waals surface area (Å²) in [4.78, 5) is 29.6. The molecule has 134 valence electrons. The lowest BCUT2D eigenvalue weighted by atomic mass is 10.1. The summed E-state index contributed by atoms with van der Waals surface area (Å²) in [6, 6.07) is 11.5. The molecular weight excluding hydrogens is 334 g/mol. The fraction of sp³-hybridized carbons (Fsp3) is 0.263. The number of hydrogen-bond donors (Lipinski definition) is 0. The van der Waals surface area contributed by atoms with Crippen molar-refractivity contribution in [3.63, 3.8) is 0 Å². The Bertz CT molecular complexity index is 888. The van der Waals surface area contributed by atoms with Crippen LogP contribution in [0.4, 0.5) is 17.1 Å². The van der Waals surface area contributed by atoms with Gasteiger partial charge in [0.05, 0.1) is 35.5 Å². The van der Waals surface area contributed by atoms with Crippen LogP contribution in [0.15, 0.2) is 47.5 Å². The molecule has 0 N–H and O–H groups in total. The quantitative estimate of drug-likeness (QED) is 0.617. The molecule has 3 rings (SSSR count). The van der Waals surface area contributed by atoms with Gasteiger partial charge in [-0.1, -0.05) is 0 Å². The maximum atomic E-state index is 12.9. The molecule has 0 fully saturated rings. The molecule has 0 atom stereocenters. The summed E-state index contributed by atoms with van der Waals surface area (Å²) >= 11 is 0. The number of rotatable bonds is 4. The SMILES string of the molecule is COc1ccc2c(c1)N(C(C)C)C(=O)CC(c1ccc([N+](=O)[O-])cc1)=N2. The maximum absolute atomic E-state index is 12.9. The van der Waals surface area contributed by atoms with Crippen LogP contribution >= 0.6 is 0 Å². The highest BCUT2D eigenvalue weighted by Crippen LogP contribution is 2.37. The van der Waals surface area contributed by atoms with Gasteiger partial charge in [-0.05, 0) is 43.7 Å². The zero-order valence-corrected chi connectivity index (χ0v) is 14.8. The van der Waals surface area contributed by atoms with Crippen molar-refractivity contribution in [3.8, 4) is 5.75 Å². The van der Waals surface area contributed by atoms with Gasteiger partial charge in [-0.2, -0.15) is 0 Å². The first-order valence-electron chi connectivity index (χ1n) is 8.23. The van der Waals surface area contributed by atoms with Crippen molar-refractivity contribution in [2.45, 2.75) is 26.3 Å². The van der Waals surface area contributed by atoms with Crippen LogP contribution in [-0.4, -0.2) is 29.7 Å². The highest BCUT2D eigenvalue weighted by Gasteiger charge is 2.27. The molecule has 0 unspecified atom stereocenters. The van der Waals surface area contributed by atoms with E-state index in [0.29, 0.717) is 28.4 Å². The van der Waals surface area contributed by atoms with Crippen LogP contribution < -0.4 is 9.64 Å². The van der Waals surface area contributed by atoms with Crippen molar-refractivity contribution in [3.05, 3.63) is 58.1 Å². The number of nitro benzene ring substituents is 1. The third-order valence-corrected chi connectivity index (χ3v) is 4.21.